The first-order chi connectivity index (χ1) is 14.1. The lowest BCUT2D eigenvalue weighted by atomic mass is 9.77. The first-order valence-corrected chi connectivity index (χ1v) is 10.3. The molecule has 1 aliphatic rings. The van der Waals surface area contributed by atoms with E-state index in [1.165, 1.54) is 5.56 Å². The fourth-order valence-electron chi connectivity index (χ4n) is 4.01. The lowest BCUT2D eigenvalue weighted by Crippen LogP contribution is -2.16. The van der Waals surface area contributed by atoms with E-state index in [-0.39, 0.29) is 0 Å². The van der Waals surface area contributed by atoms with Gasteiger partial charge in [0.25, 0.3) is 6.01 Å². The maximum Gasteiger partial charge on any atom is 0.303 e. The highest BCUT2D eigenvalue weighted by Crippen LogP contribution is 2.37. The van der Waals surface area contributed by atoms with Crippen LogP contribution in [0.4, 0.5) is 11.7 Å². The molecule has 150 valence electrons. The Balaban J connectivity index is 1.39. The molecule has 2 aromatic carbocycles. The van der Waals surface area contributed by atoms with Crippen LogP contribution in [0.15, 0.2) is 59.1 Å². The number of anilines is 2. The highest BCUT2D eigenvalue weighted by atomic mass is 35.5. The van der Waals surface area contributed by atoms with Gasteiger partial charge < -0.3 is 14.8 Å². The highest BCUT2D eigenvalue weighted by Gasteiger charge is 2.24. The molecule has 6 heteroatoms. The number of nitrogens with zero attached hydrogens (tertiary/aromatic N) is 1. The molecule has 4 rings (SSSR count). The standard InChI is InChI=1S/C23H23ClN2O3/c24-19-3-1-2-4-20(19)26-23-25-14-21(29-23)18-11-9-17(10-12-18)16-7-5-15(6-8-16)13-22(27)28/h1-4,9-12,14-16H,5-8,13H2,(H,25,26)(H,27,28). The number of rotatable bonds is 6. The van der Waals surface area contributed by atoms with E-state index < -0.39 is 5.97 Å². The Hall–Kier alpha value is -2.79. The fourth-order valence-corrected chi connectivity index (χ4v) is 4.19. The first kappa shape index (κ1) is 19.5. The molecular weight excluding hydrogens is 388 g/mol. The second-order valence-electron chi connectivity index (χ2n) is 7.57. The third-order valence-corrected chi connectivity index (χ3v) is 5.93. The fraction of sp³-hybridized carbons (Fsp3) is 0.304. The van der Waals surface area contributed by atoms with E-state index in [1.54, 1.807) is 6.20 Å². The van der Waals surface area contributed by atoms with Gasteiger partial charge in [0, 0.05) is 12.0 Å². The Bertz CT molecular complexity index is 976. The van der Waals surface area contributed by atoms with Crippen LogP contribution in [0.5, 0.6) is 0 Å². The van der Waals surface area contributed by atoms with E-state index >= 15 is 0 Å². The van der Waals surface area contributed by atoms with Gasteiger partial charge in [0.05, 0.1) is 16.9 Å². The minimum Gasteiger partial charge on any atom is -0.481 e. The lowest BCUT2D eigenvalue weighted by Gasteiger charge is -2.28. The van der Waals surface area contributed by atoms with Crippen LogP contribution in [0.2, 0.25) is 5.02 Å². The number of carboxylic acids is 1. The first-order valence-electron chi connectivity index (χ1n) is 9.88. The van der Waals surface area contributed by atoms with Gasteiger partial charge in [-0.1, -0.05) is 48.0 Å². The molecule has 1 aliphatic carbocycles. The maximum atomic E-state index is 10.9. The smallest absolute Gasteiger partial charge is 0.303 e. The van der Waals surface area contributed by atoms with Crippen LogP contribution >= 0.6 is 11.6 Å². The van der Waals surface area contributed by atoms with Gasteiger partial charge >= 0.3 is 5.97 Å². The molecule has 0 unspecified atom stereocenters. The second kappa shape index (κ2) is 8.70. The molecule has 3 aromatic rings. The van der Waals surface area contributed by atoms with Gasteiger partial charge in [-0.15, -0.1) is 0 Å². The normalized spacial score (nSPS) is 19.1. The molecule has 0 aliphatic heterocycles. The Kier molecular flexibility index (Phi) is 5.86. The minimum atomic E-state index is -0.687. The van der Waals surface area contributed by atoms with Gasteiger partial charge in [0.15, 0.2) is 5.76 Å². The zero-order chi connectivity index (χ0) is 20.2. The summed E-state index contributed by atoms with van der Waals surface area (Å²) in [6, 6.07) is 16.2. The molecule has 1 saturated carbocycles. The highest BCUT2D eigenvalue weighted by molar-refractivity contribution is 6.33. The number of oxazole rings is 1. The number of benzene rings is 2. The Labute approximate surface area is 174 Å². The number of halogens is 1. The van der Waals surface area contributed by atoms with Crippen molar-refractivity contribution in [3.05, 3.63) is 65.3 Å². The van der Waals surface area contributed by atoms with Crippen LogP contribution in [0.3, 0.4) is 0 Å². The Morgan fingerprint density at radius 1 is 1.10 bits per heavy atom. The van der Waals surface area contributed by atoms with E-state index in [2.05, 4.69) is 34.6 Å². The van der Waals surface area contributed by atoms with Crippen molar-refractivity contribution in [1.29, 1.82) is 0 Å². The molecule has 0 amide bonds. The predicted octanol–water partition coefficient (Wildman–Crippen LogP) is 6.49. The van der Waals surface area contributed by atoms with Crippen molar-refractivity contribution < 1.29 is 14.3 Å². The lowest BCUT2D eigenvalue weighted by molar-refractivity contribution is -0.138. The molecule has 1 aromatic heterocycles. The molecule has 29 heavy (non-hydrogen) atoms. The molecule has 1 fully saturated rings. The van der Waals surface area contributed by atoms with E-state index in [9.17, 15) is 4.79 Å². The van der Waals surface area contributed by atoms with Gasteiger partial charge in [0.1, 0.15) is 0 Å². The zero-order valence-electron chi connectivity index (χ0n) is 16.0. The van der Waals surface area contributed by atoms with Crippen molar-refractivity contribution >= 4 is 29.3 Å². The number of carbonyl (C=O) groups is 1. The largest absolute Gasteiger partial charge is 0.481 e. The molecule has 0 radical (unpaired) electrons. The van der Waals surface area contributed by atoms with Gasteiger partial charge in [-0.3, -0.25) is 4.79 Å². The summed E-state index contributed by atoms with van der Waals surface area (Å²) in [5.41, 5.74) is 3.01. The van der Waals surface area contributed by atoms with E-state index in [0.717, 1.165) is 36.9 Å². The van der Waals surface area contributed by atoms with Crippen molar-refractivity contribution in [2.45, 2.75) is 38.0 Å². The number of hydrogen-bond acceptors (Lipinski definition) is 4. The minimum absolute atomic E-state index is 0.293. The average Bonchev–Trinajstić information content (AvgIpc) is 3.19. The van der Waals surface area contributed by atoms with Crippen LogP contribution in [-0.4, -0.2) is 16.1 Å². The number of hydrogen-bond donors (Lipinski definition) is 2. The predicted molar refractivity (Wildman–Crippen MR) is 114 cm³/mol. The van der Waals surface area contributed by atoms with Crippen LogP contribution in [-0.2, 0) is 4.79 Å². The van der Waals surface area contributed by atoms with Crippen LogP contribution in [0.1, 0.15) is 43.6 Å². The van der Waals surface area contributed by atoms with Gasteiger partial charge in [-0.05, 0) is 55.2 Å². The van der Waals surface area contributed by atoms with E-state index in [0.29, 0.717) is 35.1 Å². The summed E-state index contributed by atoms with van der Waals surface area (Å²) in [5, 5.41) is 12.7. The third kappa shape index (κ3) is 4.80. The monoisotopic (exact) mass is 410 g/mol. The Morgan fingerprint density at radius 2 is 1.83 bits per heavy atom. The van der Waals surface area contributed by atoms with Crippen molar-refractivity contribution in [1.82, 2.24) is 4.98 Å². The van der Waals surface area contributed by atoms with E-state index in [1.807, 2.05) is 24.3 Å². The summed E-state index contributed by atoms with van der Waals surface area (Å²) in [6.07, 6.45) is 6.06. The topological polar surface area (TPSA) is 75.4 Å². The molecule has 0 saturated heterocycles. The number of nitrogens with one attached hydrogen (secondary N) is 1. The summed E-state index contributed by atoms with van der Waals surface area (Å²) in [5.74, 6) is 0.826. The van der Waals surface area contributed by atoms with Gasteiger partial charge in [-0.25, -0.2) is 4.98 Å². The molecule has 0 bridgehead atoms. The molecular formula is C23H23ClN2O3. The molecule has 2 N–H and O–H groups in total. The summed E-state index contributed by atoms with van der Waals surface area (Å²) in [4.78, 5) is 15.2. The summed E-state index contributed by atoms with van der Waals surface area (Å²) < 4.78 is 5.83. The SMILES string of the molecule is O=C(O)CC1CCC(c2ccc(-c3cnc(Nc4ccccc4Cl)o3)cc2)CC1. The van der Waals surface area contributed by atoms with Crippen molar-refractivity contribution in [2.75, 3.05) is 5.32 Å². The average molecular weight is 411 g/mol. The van der Waals surface area contributed by atoms with Crippen molar-refractivity contribution in [3.8, 4) is 11.3 Å². The summed E-state index contributed by atoms with van der Waals surface area (Å²) >= 11 is 6.16. The third-order valence-electron chi connectivity index (χ3n) is 5.60. The molecule has 1 heterocycles. The number of para-hydroxylation sites is 1. The van der Waals surface area contributed by atoms with Crippen LogP contribution < -0.4 is 5.32 Å². The maximum absolute atomic E-state index is 10.9. The van der Waals surface area contributed by atoms with E-state index in [4.69, 9.17) is 21.1 Å². The molecule has 0 atom stereocenters. The molecule has 5 nitrogen and oxygen atoms in total. The summed E-state index contributed by atoms with van der Waals surface area (Å²) in [7, 11) is 0. The number of aromatic nitrogens is 1. The number of carboxylic acid groups (broad SMARTS) is 1. The quantitative estimate of drug-likeness (QED) is 0.485. The second-order valence-corrected chi connectivity index (χ2v) is 7.98. The molecule has 0 spiro atoms. The van der Waals surface area contributed by atoms with Gasteiger partial charge in [0.2, 0.25) is 0 Å². The van der Waals surface area contributed by atoms with Crippen LogP contribution in [0.25, 0.3) is 11.3 Å². The van der Waals surface area contributed by atoms with Crippen molar-refractivity contribution in [2.24, 2.45) is 5.92 Å². The summed E-state index contributed by atoms with van der Waals surface area (Å²) in [6.45, 7) is 0. The van der Waals surface area contributed by atoms with Crippen molar-refractivity contribution in [3.63, 3.8) is 0 Å². The number of aliphatic carboxylic acids is 1. The zero-order valence-corrected chi connectivity index (χ0v) is 16.7. The Morgan fingerprint density at radius 3 is 2.52 bits per heavy atom. The van der Waals surface area contributed by atoms with Gasteiger partial charge in [-0.2, -0.15) is 0 Å². The van der Waals surface area contributed by atoms with Crippen LogP contribution in [0, 0.1) is 5.92 Å².